The molecule has 0 aliphatic carbocycles. The van der Waals surface area contributed by atoms with Crippen molar-refractivity contribution in [1.29, 1.82) is 0 Å². The minimum Gasteiger partial charge on any atom is -0.361 e. The summed E-state index contributed by atoms with van der Waals surface area (Å²) in [6.45, 7) is 4.64. The molecule has 3 N–H and O–H groups in total. The van der Waals surface area contributed by atoms with Gasteiger partial charge in [-0.05, 0) is 36.4 Å². The number of aromatic amines is 1. The molecule has 0 amide bonds. The van der Waals surface area contributed by atoms with Gasteiger partial charge in [0.05, 0.1) is 0 Å². The molecule has 3 rings (SSSR count). The number of guanidine groups is 1. The molecule has 0 aliphatic rings. The molecule has 134 valence electrons. The summed E-state index contributed by atoms with van der Waals surface area (Å²) in [7, 11) is 0. The van der Waals surface area contributed by atoms with Gasteiger partial charge in [0.1, 0.15) is 0 Å². The number of benzene rings is 1. The first-order chi connectivity index (χ1) is 11.9. The number of aliphatic imine (C=N–C) groups is 1. The van der Waals surface area contributed by atoms with Crippen molar-refractivity contribution < 1.29 is 0 Å². The highest BCUT2D eigenvalue weighted by Crippen LogP contribution is 2.17. The van der Waals surface area contributed by atoms with Gasteiger partial charge in [-0.2, -0.15) is 0 Å². The van der Waals surface area contributed by atoms with Crippen molar-refractivity contribution >= 4 is 52.2 Å². The molecule has 25 heavy (non-hydrogen) atoms. The molecule has 0 saturated carbocycles. The summed E-state index contributed by atoms with van der Waals surface area (Å²) >= 11 is 1.79. The van der Waals surface area contributed by atoms with E-state index in [2.05, 4.69) is 75.5 Å². The van der Waals surface area contributed by atoms with Gasteiger partial charge >= 0.3 is 0 Å². The predicted molar refractivity (Wildman–Crippen MR) is 119 cm³/mol. The molecule has 2 aromatic heterocycles. The SMILES string of the molecule is CCNC(=NCCc1cccs1)NCCc1c[nH]c2ccccc12.I. The van der Waals surface area contributed by atoms with Gasteiger partial charge in [0.15, 0.2) is 5.96 Å². The number of halogens is 1. The van der Waals surface area contributed by atoms with Crippen LogP contribution in [-0.4, -0.2) is 30.6 Å². The Balaban J connectivity index is 0.00000225. The normalized spacial score (nSPS) is 11.3. The highest BCUT2D eigenvalue weighted by molar-refractivity contribution is 14.0. The van der Waals surface area contributed by atoms with Crippen molar-refractivity contribution in [2.45, 2.75) is 19.8 Å². The van der Waals surface area contributed by atoms with E-state index in [4.69, 9.17) is 0 Å². The van der Waals surface area contributed by atoms with Crippen molar-refractivity contribution in [3.8, 4) is 0 Å². The van der Waals surface area contributed by atoms with Crippen LogP contribution in [0.5, 0.6) is 0 Å². The van der Waals surface area contributed by atoms with Crippen LogP contribution < -0.4 is 10.6 Å². The van der Waals surface area contributed by atoms with E-state index in [1.807, 2.05) is 0 Å². The van der Waals surface area contributed by atoms with Gasteiger partial charge in [-0.1, -0.05) is 24.3 Å². The number of aromatic nitrogens is 1. The molecule has 0 saturated heterocycles. The van der Waals surface area contributed by atoms with E-state index in [1.54, 1.807) is 11.3 Å². The van der Waals surface area contributed by atoms with Gasteiger partial charge in [0.2, 0.25) is 0 Å². The number of para-hydroxylation sites is 1. The number of rotatable bonds is 7. The highest BCUT2D eigenvalue weighted by atomic mass is 127. The van der Waals surface area contributed by atoms with Crippen molar-refractivity contribution in [3.63, 3.8) is 0 Å². The van der Waals surface area contributed by atoms with E-state index in [9.17, 15) is 0 Å². The Bertz CT molecular complexity index is 780. The van der Waals surface area contributed by atoms with Gasteiger partial charge in [-0.15, -0.1) is 35.3 Å². The zero-order valence-electron chi connectivity index (χ0n) is 14.4. The number of nitrogens with one attached hydrogen (secondary N) is 3. The molecular weight excluding hydrogens is 443 g/mol. The third-order valence-electron chi connectivity index (χ3n) is 3.91. The molecule has 3 aromatic rings. The van der Waals surface area contributed by atoms with Crippen LogP contribution >= 0.6 is 35.3 Å². The van der Waals surface area contributed by atoms with Crippen LogP contribution in [0.25, 0.3) is 10.9 Å². The topological polar surface area (TPSA) is 52.2 Å². The number of hydrogen-bond acceptors (Lipinski definition) is 2. The minimum atomic E-state index is 0. The van der Waals surface area contributed by atoms with E-state index >= 15 is 0 Å². The van der Waals surface area contributed by atoms with Crippen LogP contribution in [0.2, 0.25) is 0 Å². The van der Waals surface area contributed by atoms with E-state index in [-0.39, 0.29) is 24.0 Å². The van der Waals surface area contributed by atoms with E-state index < -0.39 is 0 Å². The average molecular weight is 468 g/mol. The van der Waals surface area contributed by atoms with Crippen LogP contribution in [0.1, 0.15) is 17.4 Å². The monoisotopic (exact) mass is 468 g/mol. The molecule has 0 fully saturated rings. The second-order valence-corrected chi connectivity index (χ2v) is 6.66. The molecule has 0 unspecified atom stereocenters. The van der Waals surface area contributed by atoms with Gasteiger partial charge < -0.3 is 15.6 Å². The van der Waals surface area contributed by atoms with Crippen molar-refractivity contribution in [3.05, 3.63) is 58.4 Å². The smallest absolute Gasteiger partial charge is 0.191 e. The Hall–Kier alpha value is -1.54. The summed E-state index contributed by atoms with van der Waals surface area (Å²) in [5, 5.41) is 10.2. The lowest BCUT2D eigenvalue weighted by molar-refractivity contribution is 0.800. The lowest BCUT2D eigenvalue weighted by Crippen LogP contribution is -2.38. The maximum absolute atomic E-state index is 4.66. The largest absolute Gasteiger partial charge is 0.361 e. The molecule has 0 atom stereocenters. The molecular formula is C19H25IN4S. The number of fused-ring (bicyclic) bond motifs is 1. The van der Waals surface area contributed by atoms with Gasteiger partial charge in [0.25, 0.3) is 0 Å². The second-order valence-electron chi connectivity index (χ2n) is 5.63. The fraction of sp³-hybridized carbons (Fsp3) is 0.316. The Morgan fingerprint density at radius 1 is 1.12 bits per heavy atom. The van der Waals surface area contributed by atoms with Crippen LogP contribution in [0, 0.1) is 0 Å². The van der Waals surface area contributed by atoms with Gasteiger partial charge in [-0.25, -0.2) is 0 Å². The quantitative estimate of drug-likeness (QED) is 0.277. The molecule has 0 bridgehead atoms. The molecule has 0 radical (unpaired) electrons. The first kappa shape index (κ1) is 19.8. The molecule has 4 nitrogen and oxygen atoms in total. The second kappa shape index (κ2) is 10.5. The highest BCUT2D eigenvalue weighted by Gasteiger charge is 2.03. The van der Waals surface area contributed by atoms with Crippen molar-refractivity contribution in [2.24, 2.45) is 4.99 Å². The number of nitrogens with zero attached hydrogens (tertiary/aromatic N) is 1. The zero-order valence-corrected chi connectivity index (χ0v) is 17.6. The Kier molecular flexibility index (Phi) is 8.27. The summed E-state index contributed by atoms with van der Waals surface area (Å²) in [6.07, 6.45) is 4.07. The lowest BCUT2D eigenvalue weighted by Gasteiger charge is -2.11. The van der Waals surface area contributed by atoms with Crippen LogP contribution in [0.4, 0.5) is 0 Å². The maximum atomic E-state index is 4.66. The Morgan fingerprint density at radius 3 is 2.80 bits per heavy atom. The average Bonchev–Trinajstić information content (AvgIpc) is 3.25. The van der Waals surface area contributed by atoms with Crippen molar-refractivity contribution in [2.75, 3.05) is 19.6 Å². The first-order valence-corrected chi connectivity index (χ1v) is 9.34. The standard InChI is InChI=1S/C19H24N4S.HI/c1-2-20-19(22-12-10-16-6-5-13-24-16)21-11-9-15-14-23-18-8-4-3-7-17(15)18;/h3-8,13-14,23H,2,9-12H2,1H3,(H2,20,21,22);1H. The molecule has 0 spiro atoms. The zero-order chi connectivity index (χ0) is 16.6. The molecule has 0 aliphatic heterocycles. The fourth-order valence-electron chi connectivity index (χ4n) is 2.73. The van der Waals surface area contributed by atoms with Gasteiger partial charge in [0, 0.05) is 48.0 Å². The van der Waals surface area contributed by atoms with E-state index in [1.165, 1.54) is 21.3 Å². The third-order valence-corrected chi connectivity index (χ3v) is 4.85. The van der Waals surface area contributed by atoms with Crippen LogP contribution in [0.3, 0.4) is 0 Å². The van der Waals surface area contributed by atoms with Crippen molar-refractivity contribution in [1.82, 2.24) is 15.6 Å². The van der Waals surface area contributed by atoms with Crippen LogP contribution in [-0.2, 0) is 12.8 Å². The summed E-state index contributed by atoms with van der Waals surface area (Å²) < 4.78 is 0. The number of hydrogen-bond donors (Lipinski definition) is 3. The predicted octanol–water partition coefficient (Wildman–Crippen LogP) is 4.19. The lowest BCUT2D eigenvalue weighted by atomic mass is 10.1. The summed E-state index contributed by atoms with van der Waals surface area (Å²) in [5.41, 5.74) is 2.54. The van der Waals surface area contributed by atoms with Crippen LogP contribution in [0.15, 0.2) is 53.0 Å². The van der Waals surface area contributed by atoms with E-state index in [0.717, 1.165) is 38.4 Å². The summed E-state index contributed by atoms with van der Waals surface area (Å²) in [4.78, 5) is 9.37. The molecule has 1 aromatic carbocycles. The fourth-order valence-corrected chi connectivity index (χ4v) is 3.43. The minimum absolute atomic E-state index is 0. The first-order valence-electron chi connectivity index (χ1n) is 8.46. The maximum Gasteiger partial charge on any atom is 0.191 e. The number of thiophene rings is 1. The summed E-state index contributed by atoms with van der Waals surface area (Å²) in [6, 6.07) is 12.7. The van der Waals surface area contributed by atoms with Gasteiger partial charge in [-0.3, -0.25) is 4.99 Å². The Labute approximate surface area is 170 Å². The summed E-state index contributed by atoms with van der Waals surface area (Å²) in [5.74, 6) is 0.897. The third kappa shape index (κ3) is 5.74. The van der Waals surface area contributed by atoms with E-state index in [0.29, 0.717) is 0 Å². The Morgan fingerprint density at radius 2 is 2.00 bits per heavy atom. The number of H-pyrrole nitrogens is 1. The molecule has 6 heteroatoms. The molecule has 2 heterocycles.